The van der Waals surface area contributed by atoms with Crippen molar-refractivity contribution in [2.45, 2.75) is 96.8 Å². The minimum atomic E-state index is -0.744. The van der Waals surface area contributed by atoms with Crippen molar-refractivity contribution in [1.29, 1.82) is 0 Å². The lowest BCUT2D eigenvalue weighted by Crippen LogP contribution is -1.89. The highest BCUT2D eigenvalue weighted by Gasteiger charge is 1.93. The van der Waals surface area contributed by atoms with Gasteiger partial charge in [-0.3, -0.25) is 4.79 Å². The minimum absolute atomic E-state index is 0.158. The number of hydrogen-bond donors (Lipinski definition) is 1. The van der Waals surface area contributed by atoms with Crippen molar-refractivity contribution in [1.82, 2.24) is 0 Å². The Morgan fingerprint density at radius 3 is 1.62 bits per heavy atom. The largest absolute Gasteiger partial charge is 0.481 e. The number of unbranched alkanes of at least 4 members (excludes halogenated alkanes) is 10. The Kier molecular flexibility index (Phi) is 18.7. The van der Waals surface area contributed by atoms with Crippen LogP contribution in [0.3, 0.4) is 0 Å². The molecule has 2 heteroatoms. The van der Waals surface area contributed by atoms with Gasteiger partial charge in [0.2, 0.25) is 0 Å². The molecule has 0 radical (unpaired) electrons. The zero-order valence-electron chi connectivity index (χ0n) is 15.7. The second-order valence-electron chi connectivity index (χ2n) is 6.42. The molecule has 0 aliphatic carbocycles. The second-order valence-corrected chi connectivity index (χ2v) is 6.42. The molecular formula is C22H38O2. The van der Waals surface area contributed by atoms with E-state index in [1.54, 1.807) is 6.08 Å². The van der Waals surface area contributed by atoms with Gasteiger partial charge in [0.25, 0.3) is 0 Å². The molecule has 2 nitrogen and oxygen atoms in total. The van der Waals surface area contributed by atoms with E-state index in [1.807, 2.05) is 6.08 Å². The van der Waals surface area contributed by atoms with Gasteiger partial charge in [0, 0.05) is 0 Å². The molecule has 138 valence electrons. The maximum Gasteiger partial charge on any atom is 0.307 e. The first kappa shape index (κ1) is 22.7. The van der Waals surface area contributed by atoms with Crippen LogP contribution in [0.4, 0.5) is 0 Å². The summed E-state index contributed by atoms with van der Waals surface area (Å²) in [5.74, 6) is -0.744. The smallest absolute Gasteiger partial charge is 0.307 e. The second kappa shape index (κ2) is 19.7. The van der Waals surface area contributed by atoms with Crippen LogP contribution < -0.4 is 0 Å². The van der Waals surface area contributed by atoms with Gasteiger partial charge in [-0.05, 0) is 38.5 Å². The fourth-order valence-electron chi connectivity index (χ4n) is 2.62. The van der Waals surface area contributed by atoms with Crippen molar-refractivity contribution in [3.8, 4) is 0 Å². The summed E-state index contributed by atoms with van der Waals surface area (Å²) in [6.07, 6.45) is 29.4. The molecule has 0 unspecified atom stereocenters. The normalized spacial score (nSPS) is 12.0. The van der Waals surface area contributed by atoms with Crippen molar-refractivity contribution >= 4 is 5.97 Å². The summed E-state index contributed by atoms with van der Waals surface area (Å²) in [6.45, 7) is 2.17. The van der Waals surface area contributed by atoms with Crippen LogP contribution in [0.1, 0.15) is 96.8 Å². The van der Waals surface area contributed by atoms with Crippen LogP contribution in [0.15, 0.2) is 36.5 Å². The molecule has 24 heavy (non-hydrogen) atoms. The van der Waals surface area contributed by atoms with Crippen molar-refractivity contribution in [3.63, 3.8) is 0 Å². The molecule has 0 aliphatic heterocycles. The van der Waals surface area contributed by atoms with Gasteiger partial charge in [0.15, 0.2) is 0 Å². The summed E-state index contributed by atoms with van der Waals surface area (Å²) in [6, 6.07) is 0. The average molecular weight is 335 g/mol. The molecule has 0 aromatic carbocycles. The van der Waals surface area contributed by atoms with E-state index in [0.29, 0.717) is 0 Å². The molecule has 0 rings (SSSR count). The molecule has 0 saturated heterocycles. The zero-order valence-corrected chi connectivity index (χ0v) is 15.7. The van der Waals surface area contributed by atoms with Crippen molar-refractivity contribution < 1.29 is 9.90 Å². The van der Waals surface area contributed by atoms with Crippen LogP contribution in [0.2, 0.25) is 0 Å². The predicted molar refractivity (Wildman–Crippen MR) is 105 cm³/mol. The van der Waals surface area contributed by atoms with Crippen LogP contribution in [-0.4, -0.2) is 11.1 Å². The highest BCUT2D eigenvalue weighted by Crippen LogP contribution is 2.11. The summed E-state index contributed by atoms with van der Waals surface area (Å²) in [7, 11) is 0. The number of allylic oxidation sites excluding steroid dienone is 5. The zero-order chi connectivity index (χ0) is 17.7. The van der Waals surface area contributed by atoms with Gasteiger partial charge in [0.1, 0.15) is 0 Å². The minimum Gasteiger partial charge on any atom is -0.481 e. The molecule has 0 spiro atoms. The Balaban J connectivity index is 3.14. The summed E-state index contributed by atoms with van der Waals surface area (Å²) < 4.78 is 0. The van der Waals surface area contributed by atoms with E-state index in [4.69, 9.17) is 5.11 Å². The van der Waals surface area contributed by atoms with Gasteiger partial charge in [-0.25, -0.2) is 0 Å². The predicted octanol–water partition coefficient (Wildman–Crippen LogP) is 7.22. The van der Waals surface area contributed by atoms with Crippen LogP contribution in [0.25, 0.3) is 0 Å². The maximum absolute atomic E-state index is 10.3. The number of rotatable bonds is 17. The third-order valence-corrected chi connectivity index (χ3v) is 4.04. The molecule has 0 aliphatic rings. The topological polar surface area (TPSA) is 37.3 Å². The SMILES string of the molecule is CCC=CCC=CCCCCCCCCCCCC=CCC(=O)O. The first-order valence-electron chi connectivity index (χ1n) is 9.94. The molecule has 0 fully saturated rings. The van der Waals surface area contributed by atoms with E-state index >= 15 is 0 Å². The van der Waals surface area contributed by atoms with Gasteiger partial charge in [-0.15, -0.1) is 0 Å². The molecule has 0 amide bonds. The molecule has 0 saturated carbocycles. The standard InChI is InChI=1S/C22H38O2/c1-2-3-4-5-6-7-8-9-10-11-12-13-14-15-16-17-18-19-20-21-22(23)24/h3-4,6-7,19-20H,2,5,8-18,21H2,1H3,(H,23,24). The molecule has 0 aromatic heterocycles. The lowest BCUT2D eigenvalue weighted by Gasteiger charge is -2.01. The number of carboxylic acid groups (broad SMARTS) is 1. The summed E-state index contributed by atoms with van der Waals surface area (Å²) in [4.78, 5) is 10.3. The lowest BCUT2D eigenvalue weighted by molar-refractivity contribution is -0.136. The fraction of sp³-hybridized carbons (Fsp3) is 0.682. The van der Waals surface area contributed by atoms with E-state index in [-0.39, 0.29) is 6.42 Å². The Morgan fingerprint density at radius 2 is 1.12 bits per heavy atom. The summed E-state index contributed by atoms with van der Waals surface area (Å²) >= 11 is 0. The van der Waals surface area contributed by atoms with Gasteiger partial charge in [-0.2, -0.15) is 0 Å². The number of hydrogen-bond acceptors (Lipinski definition) is 1. The molecule has 0 heterocycles. The Labute approximate surface area is 149 Å². The highest BCUT2D eigenvalue weighted by atomic mass is 16.4. The summed E-state index contributed by atoms with van der Waals surface area (Å²) in [5, 5.41) is 8.50. The lowest BCUT2D eigenvalue weighted by atomic mass is 10.1. The Hall–Kier alpha value is -1.31. The number of aliphatic carboxylic acids is 1. The first-order chi connectivity index (χ1) is 11.8. The Bertz CT molecular complexity index is 353. The molecular weight excluding hydrogens is 296 g/mol. The third kappa shape index (κ3) is 20.7. The van der Waals surface area contributed by atoms with Crippen LogP contribution >= 0.6 is 0 Å². The quantitative estimate of drug-likeness (QED) is 0.225. The first-order valence-corrected chi connectivity index (χ1v) is 9.94. The van der Waals surface area contributed by atoms with E-state index < -0.39 is 5.97 Å². The maximum atomic E-state index is 10.3. The Morgan fingerprint density at radius 1 is 0.667 bits per heavy atom. The van der Waals surface area contributed by atoms with Gasteiger partial charge < -0.3 is 5.11 Å². The van der Waals surface area contributed by atoms with E-state index in [0.717, 1.165) is 19.3 Å². The van der Waals surface area contributed by atoms with Gasteiger partial charge in [-0.1, -0.05) is 88.3 Å². The molecule has 0 bridgehead atoms. The molecule has 1 N–H and O–H groups in total. The van der Waals surface area contributed by atoms with Crippen molar-refractivity contribution in [3.05, 3.63) is 36.5 Å². The average Bonchev–Trinajstić information content (AvgIpc) is 2.56. The van der Waals surface area contributed by atoms with E-state index in [9.17, 15) is 4.79 Å². The third-order valence-electron chi connectivity index (χ3n) is 4.04. The highest BCUT2D eigenvalue weighted by molar-refractivity contribution is 5.68. The summed E-state index contributed by atoms with van der Waals surface area (Å²) in [5.41, 5.74) is 0. The van der Waals surface area contributed by atoms with Crippen LogP contribution in [0.5, 0.6) is 0 Å². The number of carbonyl (C=O) groups is 1. The van der Waals surface area contributed by atoms with E-state index in [2.05, 4.69) is 31.2 Å². The van der Waals surface area contributed by atoms with Crippen LogP contribution in [0, 0.1) is 0 Å². The van der Waals surface area contributed by atoms with Crippen molar-refractivity contribution in [2.75, 3.05) is 0 Å². The van der Waals surface area contributed by atoms with Crippen LogP contribution in [-0.2, 0) is 4.79 Å². The van der Waals surface area contributed by atoms with E-state index in [1.165, 1.54) is 64.2 Å². The molecule has 0 aromatic rings. The fourth-order valence-corrected chi connectivity index (χ4v) is 2.62. The van der Waals surface area contributed by atoms with Gasteiger partial charge >= 0.3 is 5.97 Å². The molecule has 0 atom stereocenters. The van der Waals surface area contributed by atoms with Crippen molar-refractivity contribution in [2.24, 2.45) is 0 Å². The number of carboxylic acids is 1. The monoisotopic (exact) mass is 334 g/mol. The van der Waals surface area contributed by atoms with Gasteiger partial charge in [0.05, 0.1) is 6.42 Å².